The van der Waals surface area contributed by atoms with Gasteiger partial charge in [-0.25, -0.2) is 8.42 Å². The number of nitro benzene ring substituents is 1. The smallest absolute Gasteiger partial charge is 0.258 e. The Morgan fingerprint density at radius 2 is 1.68 bits per heavy atom. The van der Waals surface area contributed by atoms with Crippen molar-refractivity contribution < 1.29 is 13.3 Å². The number of nitrogens with zero attached hydrogens (tertiary/aromatic N) is 2. The Hall–Kier alpha value is -1.77. The summed E-state index contributed by atoms with van der Waals surface area (Å²) in [6, 6.07) is 13.2. The molecule has 0 amide bonds. The minimum Gasteiger partial charge on any atom is -0.258 e. The molecule has 0 saturated carbocycles. The van der Waals surface area contributed by atoms with Crippen LogP contribution in [0.25, 0.3) is 0 Å². The molecule has 0 N–H and O–H groups in total. The lowest BCUT2D eigenvalue weighted by atomic mass is 9.85. The first-order valence-electron chi connectivity index (χ1n) is 9.26. The summed E-state index contributed by atoms with van der Waals surface area (Å²) in [6.45, 7) is 4.44. The van der Waals surface area contributed by atoms with Gasteiger partial charge in [-0.05, 0) is 55.0 Å². The maximum atomic E-state index is 13.4. The van der Waals surface area contributed by atoms with E-state index in [0.29, 0.717) is 19.4 Å². The van der Waals surface area contributed by atoms with Crippen LogP contribution in [0, 0.1) is 10.1 Å². The summed E-state index contributed by atoms with van der Waals surface area (Å²) < 4.78 is 29.5. The van der Waals surface area contributed by atoms with Crippen LogP contribution in [0.4, 0.5) is 5.69 Å². The highest BCUT2D eigenvalue weighted by Crippen LogP contribution is 2.46. The zero-order valence-electron chi connectivity index (χ0n) is 15.8. The predicted molar refractivity (Wildman–Crippen MR) is 112 cm³/mol. The zero-order chi connectivity index (χ0) is 20.5. The Morgan fingerprint density at radius 3 is 2.18 bits per heavy atom. The number of non-ortho nitro benzene ring substituents is 1. The van der Waals surface area contributed by atoms with Crippen molar-refractivity contribution in [1.29, 1.82) is 0 Å². The van der Waals surface area contributed by atoms with E-state index < -0.39 is 20.5 Å². The van der Waals surface area contributed by atoms with Crippen LogP contribution in [0.5, 0.6) is 0 Å². The molecular formula is C20H23BrN2O4S. The Balaban J connectivity index is 1.99. The van der Waals surface area contributed by atoms with E-state index >= 15 is 0 Å². The lowest BCUT2D eigenvalue weighted by Gasteiger charge is -2.36. The van der Waals surface area contributed by atoms with Gasteiger partial charge >= 0.3 is 0 Å². The van der Waals surface area contributed by atoms with Gasteiger partial charge in [0.15, 0.2) is 0 Å². The van der Waals surface area contributed by atoms with Crippen molar-refractivity contribution in [2.45, 2.75) is 49.5 Å². The molecule has 1 unspecified atom stereocenters. The molecule has 8 heteroatoms. The molecule has 1 saturated heterocycles. The van der Waals surface area contributed by atoms with Gasteiger partial charge in [-0.1, -0.05) is 41.9 Å². The average Bonchev–Trinajstić information content (AvgIpc) is 3.10. The van der Waals surface area contributed by atoms with Gasteiger partial charge in [0.2, 0.25) is 10.0 Å². The fraction of sp³-hybridized carbons (Fsp3) is 0.400. The molecule has 0 aliphatic carbocycles. The summed E-state index contributed by atoms with van der Waals surface area (Å²) in [6.07, 6.45) is 2.18. The van der Waals surface area contributed by atoms with E-state index in [9.17, 15) is 18.5 Å². The Kier molecular flexibility index (Phi) is 5.93. The molecule has 0 spiro atoms. The SMILES string of the molecule is CCC1(CC)CC(c2ccc(Br)cc2)CN1S(=O)(=O)c1ccc([N+](=O)[O-])cc1. The van der Waals surface area contributed by atoms with E-state index in [-0.39, 0.29) is 16.5 Å². The van der Waals surface area contributed by atoms with Gasteiger partial charge in [-0.3, -0.25) is 10.1 Å². The van der Waals surface area contributed by atoms with Gasteiger partial charge in [0.1, 0.15) is 0 Å². The van der Waals surface area contributed by atoms with Crippen LogP contribution in [0.2, 0.25) is 0 Å². The summed E-state index contributed by atoms with van der Waals surface area (Å²) in [7, 11) is -3.76. The van der Waals surface area contributed by atoms with E-state index in [2.05, 4.69) is 15.9 Å². The maximum Gasteiger partial charge on any atom is 0.269 e. The van der Waals surface area contributed by atoms with Crippen LogP contribution in [0.15, 0.2) is 57.9 Å². The number of nitro groups is 1. The summed E-state index contributed by atoms with van der Waals surface area (Å²) in [5.74, 6) is 0.112. The number of halogens is 1. The van der Waals surface area contributed by atoms with Crippen molar-refractivity contribution in [3.63, 3.8) is 0 Å². The molecule has 0 aromatic heterocycles. The van der Waals surface area contributed by atoms with Gasteiger partial charge < -0.3 is 0 Å². The second-order valence-electron chi connectivity index (χ2n) is 7.17. The van der Waals surface area contributed by atoms with Crippen molar-refractivity contribution in [3.05, 3.63) is 68.7 Å². The molecule has 0 radical (unpaired) electrons. The predicted octanol–water partition coefficient (Wildman–Crippen LogP) is 5.09. The number of hydrogen-bond donors (Lipinski definition) is 0. The molecule has 1 heterocycles. The fourth-order valence-electron chi connectivity index (χ4n) is 4.09. The Labute approximate surface area is 173 Å². The van der Waals surface area contributed by atoms with E-state index in [0.717, 1.165) is 16.5 Å². The Morgan fingerprint density at radius 1 is 1.11 bits per heavy atom. The molecule has 6 nitrogen and oxygen atoms in total. The van der Waals surface area contributed by atoms with Crippen molar-refractivity contribution in [1.82, 2.24) is 4.31 Å². The Bertz CT molecular complexity index is 955. The highest BCUT2D eigenvalue weighted by Gasteiger charge is 2.49. The van der Waals surface area contributed by atoms with Crippen LogP contribution >= 0.6 is 15.9 Å². The third kappa shape index (κ3) is 3.73. The first-order chi connectivity index (χ1) is 13.2. The van der Waals surface area contributed by atoms with Gasteiger partial charge in [-0.15, -0.1) is 0 Å². The summed E-state index contributed by atoms with van der Waals surface area (Å²) >= 11 is 3.44. The molecule has 0 bridgehead atoms. The minimum absolute atomic E-state index is 0.0980. The average molecular weight is 467 g/mol. The van der Waals surface area contributed by atoms with Gasteiger partial charge in [-0.2, -0.15) is 4.31 Å². The molecular weight excluding hydrogens is 444 g/mol. The minimum atomic E-state index is -3.76. The van der Waals surface area contributed by atoms with E-state index in [4.69, 9.17) is 0 Å². The van der Waals surface area contributed by atoms with E-state index in [1.54, 1.807) is 4.31 Å². The summed E-state index contributed by atoms with van der Waals surface area (Å²) in [4.78, 5) is 10.4. The second-order valence-corrected chi connectivity index (χ2v) is 9.95. The molecule has 1 atom stereocenters. The first kappa shape index (κ1) is 21.0. The van der Waals surface area contributed by atoms with Gasteiger partial charge in [0, 0.05) is 28.7 Å². The summed E-state index contributed by atoms with van der Waals surface area (Å²) in [5, 5.41) is 10.9. The molecule has 3 rings (SSSR count). The lowest BCUT2D eigenvalue weighted by Crippen LogP contribution is -2.46. The standard InChI is InChI=1S/C20H23BrN2O4S/c1-3-20(4-2)13-16(15-5-7-17(21)8-6-15)14-22(20)28(26,27)19-11-9-18(10-12-19)23(24)25/h5-12,16H,3-4,13-14H2,1-2H3. The normalized spacial score (nSPS) is 19.6. The zero-order valence-corrected chi connectivity index (χ0v) is 18.2. The number of benzene rings is 2. The van der Waals surface area contributed by atoms with Crippen LogP contribution in [0.1, 0.15) is 44.6 Å². The maximum absolute atomic E-state index is 13.4. The summed E-state index contributed by atoms with van der Waals surface area (Å²) in [5.41, 5.74) is 0.541. The second kappa shape index (κ2) is 7.93. The van der Waals surface area contributed by atoms with Crippen LogP contribution in [-0.4, -0.2) is 29.7 Å². The molecule has 150 valence electrons. The number of hydrogen-bond acceptors (Lipinski definition) is 4. The highest BCUT2D eigenvalue weighted by atomic mass is 79.9. The molecule has 2 aromatic rings. The van der Waals surface area contributed by atoms with Crippen molar-refractivity contribution in [3.8, 4) is 0 Å². The van der Waals surface area contributed by atoms with Gasteiger partial charge in [0.05, 0.1) is 9.82 Å². The largest absolute Gasteiger partial charge is 0.269 e. The number of rotatable bonds is 6. The topological polar surface area (TPSA) is 80.5 Å². The van der Waals surface area contributed by atoms with Gasteiger partial charge in [0.25, 0.3) is 5.69 Å². The van der Waals surface area contributed by atoms with Crippen molar-refractivity contribution in [2.75, 3.05) is 6.54 Å². The van der Waals surface area contributed by atoms with Crippen molar-refractivity contribution in [2.24, 2.45) is 0 Å². The van der Waals surface area contributed by atoms with Crippen molar-refractivity contribution >= 4 is 31.6 Å². The molecule has 2 aromatic carbocycles. The van der Waals surface area contributed by atoms with E-state index in [1.165, 1.54) is 24.3 Å². The van der Waals surface area contributed by atoms with Crippen LogP contribution < -0.4 is 0 Å². The van der Waals surface area contributed by atoms with E-state index in [1.807, 2.05) is 38.1 Å². The highest BCUT2D eigenvalue weighted by molar-refractivity contribution is 9.10. The first-order valence-corrected chi connectivity index (χ1v) is 11.5. The quantitative estimate of drug-likeness (QED) is 0.438. The van der Waals surface area contributed by atoms with Crippen LogP contribution in [-0.2, 0) is 10.0 Å². The van der Waals surface area contributed by atoms with Crippen LogP contribution in [0.3, 0.4) is 0 Å². The third-order valence-electron chi connectivity index (χ3n) is 5.83. The monoisotopic (exact) mass is 466 g/mol. The number of sulfonamides is 1. The third-order valence-corrected chi connectivity index (χ3v) is 8.35. The molecule has 1 fully saturated rings. The molecule has 28 heavy (non-hydrogen) atoms. The molecule has 1 aliphatic rings. The fourth-order valence-corrected chi connectivity index (χ4v) is 6.31. The lowest BCUT2D eigenvalue weighted by molar-refractivity contribution is -0.384. The molecule has 1 aliphatic heterocycles.